The number of amides is 3. The second-order valence-electron chi connectivity index (χ2n) is 4.48. The lowest BCUT2D eigenvalue weighted by Crippen LogP contribution is -2.43. The molecule has 3 amide bonds. The highest BCUT2D eigenvalue weighted by Gasteiger charge is 2.51. The molecular weight excluding hydrogens is 328 g/mol. The molecule has 1 heterocycles. The molecule has 1 atom stereocenters. The fourth-order valence-corrected chi connectivity index (χ4v) is 2.54. The summed E-state index contributed by atoms with van der Waals surface area (Å²) in [5, 5.41) is 11.4. The van der Waals surface area contributed by atoms with Crippen LogP contribution in [0.5, 0.6) is 0 Å². The molecule has 1 aliphatic rings. The van der Waals surface area contributed by atoms with Gasteiger partial charge in [-0.15, -0.1) is 0 Å². The highest BCUT2D eigenvalue weighted by molar-refractivity contribution is 9.10. The number of carbonyl (C=O) groups excluding carboxylic acids is 2. The number of carboxylic acids is 1. The largest absolute Gasteiger partial charge is 0.480 e. The third kappa shape index (κ3) is 2.29. The van der Waals surface area contributed by atoms with E-state index in [1.54, 1.807) is 31.2 Å². The molecule has 7 heteroatoms. The molecule has 1 saturated heterocycles. The Labute approximate surface area is 123 Å². The van der Waals surface area contributed by atoms with Gasteiger partial charge in [0.15, 0.2) is 0 Å². The van der Waals surface area contributed by atoms with Gasteiger partial charge in [0, 0.05) is 4.47 Å². The number of carboxylic acid groups (broad SMARTS) is 1. The Bertz CT molecular complexity index is 572. The minimum Gasteiger partial charge on any atom is -0.480 e. The van der Waals surface area contributed by atoms with E-state index in [4.69, 9.17) is 5.11 Å². The van der Waals surface area contributed by atoms with Gasteiger partial charge in [0.2, 0.25) is 0 Å². The van der Waals surface area contributed by atoms with E-state index in [0.29, 0.717) is 12.0 Å². The van der Waals surface area contributed by atoms with Crippen LogP contribution in [-0.4, -0.2) is 34.5 Å². The smallest absolute Gasteiger partial charge is 0.325 e. The Balaban J connectivity index is 2.42. The Morgan fingerprint density at radius 3 is 2.45 bits per heavy atom. The van der Waals surface area contributed by atoms with E-state index >= 15 is 0 Å². The van der Waals surface area contributed by atoms with Gasteiger partial charge >= 0.3 is 12.0 Å². The highest BCUT2D eigenvalue weighted by atomic mass is 79.9. The summed E-state index contributed by atoms with van der Waals surface area (Å²) in [4.78, 5) is 35.8. The van der Waals surface area contributed by atoms with Gasteiger partial charge in [0.1, 0.15) is 12.1 Å². The quantitative estimate of drug-likeness (QED) is 0.816. The summed E-state index contributed by atoms with van der Waals surface area (Å²) in [6, 6.07) is 6.33. The van der Waals surface area contributed by atoms with Crippen LogP contribution in [0.2, 0.25) is 0 Å². The van der Waals surface area contributed by atoms with Crippen LogP contribution >= 0.6 is 15.9 Å². The lowest BCUT2D eigenvalue weighted by Gasteiger charge is -2.25. The first-order valence-corrected chi connectivity index (χ1v) is 6.82. The van der Waals surface area contributed by atoms with Crippen molar-refractivity contribution in [2.75, 3.05) is 6.54 Å². The molecule has 1 fully saturated rings. The van der Waals surface area contributed by atoms with Gasteiger partial charge in [-0.3, -0.25) is 14.5 Å². The van der Waals surface area contributed by atoms with E-state index in [9.17, 15) is 14.4 Å². The van der Waals surface area contributed by atoms with Gasteiger partial charge in [-0.2, -0.15) is 0 Å². The van der Waals surface area contributed by atoms with E-state index in [1.165, 1.54) is 0 Å². The molecular formula is C13H13BrN2O4. The van der Waals surface area contributed by atoms with E-state index in [2.05, 4.69) is 21.2 Å². The van der Waals surface area contributed by atoms with Crippen LogP contribution in [0, 0.1) is 0 Å². The molecule has 0 spiro atoms. The van der Waals surface area contributed by atoms with Crippen molar-refractivity contribution in [3.8, 4) is 0 Å². The molecule has 2 rings (SSSR count). The van der Waals surface area contributed by atoms with E-state index in [0.717, 1.165) is 9.37 Å². The summed E-state index contributed by atoms with van der Waals surface area (Å²) in [6.45, 7) is 1.13. The summed E-state index contributed by atoms with van der Waals surface area (Å²) >= 11 is 3.30. The Kier molecular flexibility index (Phi) is 3.80. The second-order valence-corrected chi connectivity index (χ2v) is 5.40. The molecule has 1 unspecified atom stereocenters. The number of urea groups is 1. The fourth-order valence-electron chi connectivity index (χ4n) is 2.28. The maximum Gasteiger partial charge on any atom is 0.325 e. The topological polar surface area (TPSA) is 86.7 Å². The number of rotatable bonds is 4. The zero-order chi connectivity index (χ0) is 14.9. The molecule has 0 bridgehead atoms. The van der Waals surface area contributed by atoms with E-state index < -0.39 is 30.0 Å². The third-order valence-corrected chi connectivity index (χ3v) is 3.87. The Morgan fingerprint density at radius 2 is 1.95 bits per heavy atom. The van der Waals surface area contributed by atoms with Crippen molar-refractivity contribution in [3.05, 3.63) is 34.3 Å². The lowest BCUT2D eigenvalue weighted by molar-refractivity contribution is -0.143. The minimum absolute atomic E-state index is 0.343. The number of carbonyl (C=O) groups is 3. The number of imide groups is 1. The van der Waals surface area contributed by atoms with Gasteiger partial charge in [0.05, 0.1) is 0 Å². The number of hydrogen-bond acceptors (Lipinski definition) is 3. The molecule has 1 aromatic carbocycles. The number of nitrogens with one attached hydrogen (secondary N) is 1. The molecule has 1 aliphatic heterocycles. The molecule has 6 nitrogen and oxygen atoms in total. The average molecular weight is 341 g/mol. The van der Waals surface area contributed by atoms with Crippen molar-refractivity contribution >= 4 is 33.8 Å². The Hall–Kier alpha value is -1.89. The summed E-state index contributed by atoms with van der Waals surface area (Å²) < 4.78 is 0.853. The van der Waals surface area contributed by atoms with Crippen molar-refractivity contribution in [2.45, 2.75) is 18.9 Å². The lowest BCUT2D eigenvalue weighted by atomic mass is 9.87. The van der Waals surface area contributed by atoms with Crippen molar-refractivity contribution in [2.24, 2.45) is 0 Å². The number of halogens is 1. The molecule has 106 valence electrons. The van der Waals surface area contributed by atoms with Crippen LogP contribution in [0.25, 0.3) is 0 Å². The maximum absolute atomic E-state index is 12.5. The Morgan fingerprint density at radius 1 is 1.35 bits per heavy atom. The van der Waals surface area contributed by atoms with Crippen LogP contribution < -0.4 is 5.32 Å². The molecule has 0 aliphatic carbocycles. The molecule has 0 aromatic heterocycles. The van der Waals surface area contributed by atoms with E-state index in [1.807, 2.05) is 0 Å². The third-order valence-electron chi connectivity index (χ3n) is 3.34. The van der Waals surface area contributed by atoms with Gasteiger partial charge in [-0.05, 0) is 24.1 Å². The molecule has 2 N–H and O–H groups in total. The monoisotopic (exact) mass is 340 g/mol. The first kappa shape index (κ1) is 14.5. The van der Waals surface area contributed by atoms with Gasteiger partial charge in [-0.25, -0.2) is 4.79 Å². The minimum atomic E-state index is -1.23. The highest BCUT2D eigenvalue weighted by Crippen LogP contribution is 2.32. The standard InChI is InChI=1S/C13H13BrN2O4/c1-2-13(8-3-5-9(14)6-4-8)11(19)16(7-10(17)18)12(20)15-13/h3-6H,2,7H2,1H3,(H,15,20)(H,17,18). The summed E-state index contributed by atoms with van der Waals surface area (Å²) in [7, 11) is 0. The van der Waals surface area contributed by atoms with Crippen LogP contribution in [-0.2, 0) is 15.1 Å². The van der Waals surface area contributed by atoms with Crippen molar-refractivity contribution in [1.82, 2.24) is 10.2 Å². The first-order valence-electron chi connectivity index (χ1n) is 6.02. The second kappa shape index (κ2) is 5.24. The molecule has 0 saturated carbocycles. The SMILES string of the molecule is CCC1(c2ccc(Br)cc2)NC(=O)N(CC(=O)O)C1=O. The number of hydrogen-bond donors (Lipinski definition) is 2. The molecule has 1 aromatic rings. The van der Waals surface area contributed by atoms with Crippen LogP contribution in [0.3, 0.4) is 0 Å². The normalized spacial score (nSPS) is 22.0. The zero-order valence-electron chi connectivity index (χ0n) is 10.7. The molecule has 20 heavy (non-hydrogen) atoms. The van der Waals surface area contributed by atoms with Gasteiger partial charge in [0.25, 0.3) is 5.91 Å². The number of benzene rings is 1. The predicted octanol–water partition coefficient (Wildman–Crippen LogP) is 1.69. The number of aliphatic carboxylic acids is 1. The van der Waals surface area contributed by atoms with E-state index in [-0.39, 0.29) is 0 Å². The number of nitrogens with zero attached hydrogens (tertiary/aromatic N) is 1. The summed E-state index contributed by atoms with van der Waals surface area (Å²) in [6.07, 6.45) is 0.343. The van der Waals surface area contributed by atoms with Crippen molar-refractivity contribution in [3.63, 3.8) is 0 Å². The maximum atomic E-state index is 12.5. The van der Waals surface area contributed by atoms with Crippen molar-refractivity contribution in [1.29, 1.82) is 0 Å². The zero-order valence-corrected chi connectivity index (χ0v) is 12.3. The molecule has 0 radical (unpaired) electrons. The first-order chi connectivity index (χ1) is 9.40. The average Bonchev–Trinajstić information content (AvgIpc) is 2.64. The van der Waals surface area contributed by atoms with Crippen LogP contribution in [0.15, 0.2) is 28.7 Å². The summed E-state index contributed by atoms with van der Waals surface area (Å²) in [5.74, 6) is -1.76. The van der Waals surface area contributed by atoms with Gasteiger partial charge < -0.3 is 10.4 Å². The van der Waals surface area contributed by atoms with Crippen LogP contribution in [0.4, 0.5) is 4.79 Å². The summed E-state index contributed by atoms with van der Waals surface area (Å²) in [5.41, 5.74) is -0.554. The van der Waals surface area contributed by atoms with Gasteiger partial charge in [-0.1, -0.05) is 35.0 Å². The van der Waals surface area contributed by atoms with Crippen LogP contribution in [0.1, 0.15) is 18.9 Å². The fraction of sp³-hybridized carbons (Fsp3) is 0.308. The van der Waals surface area contributed by atoms with Crippen molar-refractivity contribution < 1.29 is 19.5 Å². The predicted molar refractivity (Wildman–Crippen MR) is 74.0 cm³/mol.